The fourth-order valence-corrected chi connectivity index (χ4v) is 7.98. The number of nitrogens with one attached hydrogen (secondary N) is 3. The quantitative estimate of drug-likeness (QED) is 0.157. The van der Waals surface area contributed by atoms with Crippen molar-refractivity contribution in [3.63, 3.8) is 0 Å². The monoisotopic (exact) mass is 689 g/mol. The summed E-state index contributed by atoms with van der Waals surface area (Å²) in [6, 6.07) is 6.28. The maximum atomic E-state index is 14.8. The van der Waals surface area contributed by atoms with Gasteiger partial charge in [-0.1, -0.05) is 24.3 Å². The molecule has 47 heavy (non-hydrogen) atoms. The van der Waals surface area contributed by atoms with Crippen LogP contribution in [0.2, 0.25) is 0 Å². The third-order valence-corrected chi connectivity index (χ3v) is 11.7. The van der Waals surface area contributed by atoms with E-state index >= 15 is 0 Å². The number of piperidine rings is 1. The minimum atomic E-state index is -1.92. The van der Waals surface area contributed by atoms with Crippen LogP contribution in [0.25, 0.3) is 4.91 Å². The first-order valence-electron chi connectivity index (χ1n) is 16.8. The van der Waals surface area contributed by atoms with Gasteiger partial charge < -0.3 is 25.6 Å². The molecule has 3 aliphatic rings. The van der Waals surface area contributed by atoms with Crippen molar-refractivity contribution < 1.29 is 23.5 Å². The molecule has 2 aliphatic heterocycles. The van der Waals surface area contributed by atoms with E-state index in [0.29, 0.717) is 50.8 Å². The van der Waals surface area contributed by atoms with E-state index < -0.39 is 28.4 Å². The summed E-state index contributed by atoms with van der Waals surface area (Å²) in [5.74, 6) is -0.0147. The molecule has 2 heterocycles. The van der Waals surface area contributed by atoms with Crippen LogP contribution in [0.3, 0.4) is 0 Å². The normalized spacial score (nSPS) is 20.7. The van der Waals surface area contributed by atoms with Gasteiger partial charge in [-0.3, -0.25) is 19.4 Å². The molecule has 0 radical (unpaired) electrons. The number of thioether (sulfide) groups is 2. The molecule has 2 atom stereocenters. The molecule has 1 aromatic rings. The lowest BCUT2D eigenvalue weighted by atomic mass is 9.95. The zero-order valence-corrected chi connectivity index (χ0v) is 30.0. The second-order valence-corrected chi connectivity index (χ2v) is 15.9. The number of hydrogen-bond acceptors (Lipinski definition) is 8. The van der Waals surface area contributed by atoms with Crippen molar-refractivity contribution in [2.75, 3.05) is 44.9 Å². The summed E-state index contributed by atoms with van der Waals surface area (Å²) < 4.78 is 20.0. The van der Waals surface area contributed by atoms with Gasteiger partial charge in [0.15, 0.2) is 5.67 Å². The van der Waals surface area contributed by atoms with E-state index in [1.54, 1.807) is 16.7 Å². The summed E-state index contributed by atoms with van der Waals surface area (Å²) in [6.07, 6.45) is 6.91. The molecule has 3 N–H and O–H groups in total. The van der Waals surface area contributed by atoms with Gasteiger partial charge >= 0.3 is 0 Å². The van der Waals surface area contributed by atoms with Crippen LogP contribution < -0.4 is 16.0 Å². The predicted molar refractivity (Wildman–Crippen MR) is 191 cm³/mol. The predicted octanol–water partition coefficient (Wildman–Crippen LogP) is 4.95. The highest BCUT2D eigenvalue weighted by Gasteiger charge is 2.53. The fraction of sp³-hybridized carbons (Fsp3) is 0.657. The maximum Gasteiger partial charge on any atom is 0.258 e. The molecule has 12 heteroatoms. The van der Waals surface area contributed by atoms with E-state index in [4.69, 9.17) is 4.74 Å². The van der Waals surface area contributed by atoms with Gasteiger partial charge in [-0.05, 0) is 109 Å². The molecule has 1 unspecified atom stereocenters. The molecule has 260 valence electrons. The van der Waals surface area contributed by atoms with Crippen LogP contribution in [-0.2, 0) is 25.7 Å². The number of halogens is 1. The summed E-state index contributed by atoms with van der Waals surface area (Å²) in [5.41, 5.74) is 0.905. The molecule has 0 aromatic heterocycles. The molecule has 1 saturated carbocycles. The summed E-state index contributed by atoms with van der Waals surface area (Å²) in [6.45, 7) is 13.4. The molecular weight excluding hydrogens is 638 g/mol. The molecule has 1 aliphatic carbocycles. The SMILES string of the molecule is C=N/C(C)=C(\SC)c1ccc(CNC(=O)[C@@H]2CCCN2C(=O)C(NC(=O)C2(F)CC2)C(C)(C)SCCOCCC2CCNCC2)cc1. The zero-order chi connectivity index (χ0) is 34.0. The number of aliphatic imine (C=N–C) groups is 1. The second-order valence-electron chi connectivity index (χ2n) is 13.3. The number of ether oxygens (including phenoxy) is 1. The van der Waals surface area contributed by atoms with E-state index in [1.165, 1.54) is 24.6 Å². The van der Waals surface area contributed by atoms with Crippen molar-refractivity contribution >= 4 is 52.9 Å². The van der Waals surface area contributed by atoms with Crippen molar-refractivity contribution in [2.24, 2.45) is 10.9 Å². The van der Waals surface area contributed by atoms with Crippen molar-refractivity contribution in [2.45, 2.75) is 94.8 Å². The van der Waals surface area contributed by atoms with Crippen LogP contribution in [0.5, 0.6) is 0 Å². The molecule has 0 spiro atoms. The number of nitrogens with zero attached hydrogens (tertiary/aromatic N) is 2. The van der Waals surface area contributed by atoms with Crippen molar-refractivity contribution in [1.29, 1.82) is 0 Å². The number of carbonyl (C=O) groups excluding carboxylic acids is 3. The zero-order valence-electron chi connectivity index (χ0n) is 28.4. The fourth-order valence-electron chi connectivity index (χ4n) is 6.20. The van der Waals surface area contributed by atoms with Crippen LogP contribution in [-0.4, -0.2) is 96.7 Å². The third kappa shape index (κ3) is 10.3. The molecule has 4 rings (SSSR count). The van der Waals surface area contributed by atoms with Crippen molar-refractivity contribution in [3.8, 4) is 0 Å². The Kier molecular flexibility index (Phi) is 13.8. The number of allylic oxidation sites excluding steroid dienone is 1. The molecule has 0 bridgehead atoms. The Labute approximate surface area is 288 Å². The number of carbonyl (C=O) groups is 3. The molecule has 9 nitrogen and oxygen atoms in total. The Morgan fingerprint density at radius 3 is 2.51 bits per heavy atom. The molecule has 3 amide bonds. The smallest absolute Gasteiger partial charge is 0.258 e. The summed E-state index contributed by atoms with van der Waals surface area (Å²) >= 11 is 3.13. The highest BCUT2D eigenvalue weighted by molar-refractivity contribution is 8.07. The number of rotatable bonds is 17. The Bertz CT molecular complexity index is 1280. The lowest BCUT2D eigenvalue weighted by Crippen LogP contribution is -2.61. The number of benzene rings is 1. The van der Waals surface area contributed by atoms with E-state index in [9.17, 15) is 18.8 Å². The van der Waals surface area contributed by atoms with Gasteiger partial charge in [-0.2, -0.15) is 11.8 Å². The first-order valence-corrected chi connectivity index (χ1v) is 19.0. The van der Waals surface area contributed by atoms with Crippen LogP contribution in [0.4, 0.5) is 4.39 Å². The Morgan fingerprint density at radius 2 is 1.87 bits per heavy atom. The van der Waals surface area contributed by atoms with Crippen LogP contribution in [0.15, 0.2) is 35.0 Å². The summed E-state index contributed by atoms with van der Waals surface area (Å²) in [7, 11) is 0. The van der Waals surface area contributed by atoms with E-state index in [-0.39, 0.29) is 24.7 Å². The van der Waals surface area contributed by atoms with Gasteiger partial charge in [-0.25, -0.2) is 4.39 Å². The highest BCUT2D eigenvalue weighted by atomic mass is 32.2. The average Bonchev–Trinajstić information content (AvgIpc) is 3.64. The number of amides is 3. The van der Waals surface area contributed by atoms with E-state index in [1.807, 2.05) is 51.3 Å². The van der Waals surface area contributed by atoms with Crippen molar-refractivity contribution in [1.82, 2.24) is 20.9 Å². The molecular formula is C35H52FN5O4S2. The third-order valence-electron chi connectivity index (χ3n) is 9.44. The van der Waals surface area contributed by atoms with Crippen molar-refractivity contribution in [3.05, 3.63) is 41.1 Å². The summed E-state index contributed by atoms with van der Waals surface area (Å²) in [4.78, 5) is 47.1. The van der Waals surface area contributed by atoms with Gasteiger partial charge in [0, 0.05) is 35.1 Å². The molecule has 3 fully saturated rings. The van der Waals surface area contributed by atoms with Gasteiger partial charge in [0.2, 0.25) is 11.8 Å². The number of alkyl halides is 1. The maximum absolute atomic E-state index is 14.8. The van der Waals surface area contributed by atoms with Gasteiger partial charge in [0.25, 0.3) is 5.91 Å². The van der Waals surface area contributed by atoms with Gasteiger partial charge in [0.05, 0.1) is 12.3 Å². The van der Waals surface area contributed by atoms with Gasteiger partial charge in [-0.15, -0.1) is 11.8 Å². The highest BCUT2D eigenvalue weighted by Crippen LogP contribution is 2.41. The minimum absolute atomic E-state index is 0.160. The second kappa shape index (κ2) is 17.3. The first-order chi connectivity index (χ1) is 22.5. The van der Waals surface area contributed by atoms with Crippen LogP contribution in [0.1, 0.15) is 76.8 Å². The minimum Gasteiger partial charge on any atom is -0.381 e. The van der Waals surface area contributed by atoms with Crippen LogP contribution in [0, 0.1) is 5.92 Å². The Hall–Kier alpha value is -2.41. The van der Waals surface area contributed by atoms with Gasteiger partial charge in [0.1, 0.15) is 12.1 Å². The van der Waals surface area contributed by atoms with Crippen LogP contribution >= 0.6 is 23.5 Å². The molecule has 1 aromatic carbocycles. The average molecular weight is 690 g/mol. The van der Waals surface area contributed by atoms with E-state index in [0.717, 1.165) is 41.2 Å². The lowest BCUT2D eigenvalue weighted by molar-refractivity contribution is -0.143. The summed E-state index contributed by atoms with van der Waals surface area (Å²) in [5, 5.41) is 9.15. The lowest BCUT2D eigenvalue weighted by Gasteiger charge is -2.37. The largest absolute Gasteiger partial charge is 0.381 e. The Balaban J connectivity index is 1.35. The topological polar surface area (TPSA) is 112 Å². The molecule has 2 saturated heterocycles. The Morgan fingerprint density at radius 1 is 1.17 bits per heavy atom. The standard InChI is InChI=1S/C35H52FN5O4S2/c1-24(37-4)29(46-5)27-10-8-26(9-11-27)23-39-31(42)28-7-6-19-41(28)32(43)30(40-33(44)35(36)15-16-35)34(2,3)47-22-21-45-20-14-25-12-17-38-18-13-25/h8-11,25,28,30,38H,4,6-7,12-23H2,1-3,5H3,(H,39,42)(H,40,44)/b29-24-/t28-,30?/m0/s1. The first kappa shape index (κ1) is 37.4. The number of hydrogen-bond donors (Lipinski definition) is 3. The number of likely N-dealkylation sites (tertiary alicyclic amines) is 1. The van der Waals surface area contributed by atoms with E-state index in [2.05, 4.69) is 27.7 Å².